The summed E-state index contributed by atoms with van der Waals surface area (Å²) >= 11 is 9.18. The van der Waals surface area contributed by atoms with Gasteiger partial charge in [0.2, 0.25) is 0 Å². The molecule has 0 saturated heterocycles. The average Bonchev–Trinajstić information content (AvgIpc) is 2.39. The Hall–Kier alpha value is -1.06. The Kier molecular flexibility index (Phi) is 4.83. The van der Waals surface area contributed by atoms with Crippen LogP contribution in [0, 0.1) is 5.82 Å². The molecule has 19 heavy (non-hydrogen) atoms. The highest BCUT2D eigenvalue weighted by Crippen LogP contribution is 2.23. The van der Waals surface area contributed by atoms with E-state index in [2.05, 4.69) is 34.2 Å². The van der Waals surface area contributed by atoms with Crippen LogP contribution in [0.25, 0.3) is 0 Å². The summed E-state index contributed by atoms with van der Waals surface area (Å²) in [7, 11) is 0. The Morgan fingerprint density at radius 3 is 2.63 bits per heavy atom. The number of benzene rings is 2. The molecule has 0 aromatic heterocycles. The number of aryl methyl sites for hydroxylation is 1. The van der Waals surface area contributed by atoms with Crippen molar-refractivity contribution in [1.29, 1.82) is 0 Å². The molecule has 0 heterocycles. The van der Waals surface area contributed by atoms with Crippen LogP contribution in [0.5, 0.6) is 0 Å². The minimum Gasteiger partial charge on any atom is -0.381 e. The lowest BCUT2D eigenvalue weighted by atomic mass is 10.1. The van der Waals surface area contributed by atoms with E-state index in [1.165, 1.54) is 11.6 Å². The van der Waals surface area contributed by atoms with Crippen LogP contribution in [0.1, 0.15) is 18.1 Å². The second kappa shape index (κ2) is 6.40. The average molecular weight is 343 g/mol. The number of rotatable bonds is 4. The van der Waals surface area contributed by atoms with Gasteiger partial charge in [0, 0.05) is 27.3 Å². The first-order chi connectivity index (χ1) is 9.10. The van der Waals surface area contributed by atoms with E-state index in [1.54, 1.807) is 12.1 Å². The van der Waals surface area contributed by atoms with Gasteiger partial charge >= 0.3 is 0 Å². The summed E-state index contributed by atoms with van der Waals surface area (Å²) in [5.74, 6) is -0.282. The van der Waals surface area contributed by atoms with E-state index < -0.39 is 0 Å². The molecule has 0 aliphatic carbocycles. The van der Waals surface area contributed by atoms with Gasteiger partial charge in [-0.3, -0.25) is 0 Å². The van der Waals surface area contributed by atoms with E-state index in [0.29, 0.717) is 17.1 Å². The lowest BCUT2D eigenvalue weighted by Crippen LogP contribution is -2.04. The summed E-state index contributed by atoms with van der Waals surface area (Å²) in [5, 5.41) is 3.68. The Balaban J connectivity index is 2.14. The fraction of sp³-hybridized carbons (Fsp3) is 0.200. The first kappa shape index (κ1) is 14.4. The third kappa shape index (κ3) is 3.71. The number of nitrogens with one attached hydrogen (secondary N) is 1. The van der Waals surface area contributed by atoms with Gasteiger partial charge in [-0.2, -0.15) is 0 Å². The molecule has 1 nitrogen and oxygen atoms in total. The Morgan fingerprint density at radius 1 is 1.16 bits per heavy atom. The smallest absolute Gasteiger partial charge is 0.129 e. The van der Waals surface area contributed by atoms with E-state index in [9.17, 15) is 4.39 Å². The van der Waals surface area contributed by atoms with Gasteiger partial charge < -0.3 is 5.32 Å². The molecule has 0 amide bonds. The van der Waals surface area contributed by atoms with E-state index in [-0.39, 0.29) is 5.82 Å². The fourth-order valence-electron chi connectivity index (χ4n) is 1.88. The molecule has 0 bridgehead atoms. The molecule has 4 heteroatoms. The molecule has 0 radical (unpaired) electrons. The first-order valence-electron chi connectivity index (χ1n) is 6.06. The summed E-state index contributed by atoms with van der Waals surface area (Å²) in [6.45, 7) is 2.54. The van der Waals surface area contributed by atoms with Crippen LogP contribution in [0.3, 0.4) is 0 Å². The largest absolute Gasteiger partial charge is 0.381 e. The highest BCUT2D eigenvalue weighted by molar-refractivity contribution is 9.10. The Bertz CT molecular complexity index is 586. The maximum Gasteiger partial charge on any atom is 0.129 e. The maximum absolute atomic E-state index is 13.7. The van der Waals surface area contributed by atoms with Crippen LogP contribution in [0.4, 0.5) is 10.1 Å². The number of hydrogen-bond acceptors (Lipinski definition) is 1. The molecule has 0 atom stereocenters. The molecule has 2 aromatic carbocycles. The zero-order valence-corrected chi connectivity index (χ0v) is 12.9. The Morgan fingerprint density at radius 2 is 1.95 bits per heavy atom. The van der Waals surface area contributed by atoms with Crippen molar-refractivity contribution in [2.24, 2.45) is 0 Å². The topological polar surface area (TPSA) is 12.0 Å². The fourth-order valence-corrected chi connectivity index (χ4v) is 2.45. The maximum atomic E-state index is 13.7. The second-order valence-corrected chi connectivity index (χ2v) is 5.60. The van der Waals surface area contributed by atoms with Gasteiger partial charge in [0.15, 0.2) is 0 Å². The molecule has 2 rings (SSSR count). The molecule has 0 unspecified atom stereocenters. The van der Waals surface area contributed by atoms with Crippen molar-refractivity contribution in [3.05, 3.63) is 62.8 Å². The van der Waals surface area contributed by atoms with Crippen molar-refractivity contribution < 1.29 is 4.39 Å². The molecule has 1 N–H and O–H groups in total. The summed E-state index contributed by atoms with van der Waals surface area (Å²) in [6.07, 6.45) is 0.922. The van der Waals surface area contributed by atoms with Gasteiger partial charge in [0.05, 0.1) is 0 Å². The van der Waals surface area contributed by atoms with Crippen molar-refractivity contribution >= 4 is 33.2 Å². The standard InChI is InChI=1S/C15H14BrClFN/c1-2-10-7-12(16)4-6-15(10)19-9-11-3-5-13(17)8-14(11)18/h3-8,19H,2,9H2,1H3. The lowest BCUT2D eigenvalue weighted by molar-refractivity contribution is 0.613. The monoisotopic (exact) mass is 341 g/mol. The molecule has 0 fully saturated rings. The summed E-state index contributed by atoms with van der Waals surface area (Å²) in [6, 6.07) is 10.8. The van der Waals surface area contributed by atoms with Gasteiger partial charge in [-0.15, -0.1) is 0 Å². The van der Waals surface area contributed by atoms with Gasteiger partial charge in [0.1, 0.15) is 5.82 Å². The van der Waals surface area contributed by atoms with Crippen molar-refractivity contribution in [3.8, 4) is 0 Å². The summed E-state index contributed by atoms with van der Waals surface area (Å²) < 4.78 is 14.7. The van der Waals surface area contributed by atoms with Crippen molar-refractivity contribution in [2.75, 3.05) is 5.32 Å². The SMILES string of the molecule is CCc1cc(Br)ccc1NCc1ccc(Cl)cc1F. The number of hydrogen-bond donors (Lipinski definition) is 1. The molecular formula is C15H14BrClFN. The predicted octanol–water partition coefficient (Wildman–Crippen LogP) is 5.42. The molecule has 0 spiro atoms. The molecule has 100 valence electrons. The molecular weight excluding hydrogens is 329 g/mol. The number of halogens is 3. The highest BCUT2D eigenvalue weighted by atomic mass is 79.9. The Labute approximate surface area is 125 Å². The van der Waals surface area contributed by atoms with Gasteiger partial charge in [0.25, 0.3) is 0 Å². The molecule has 0 aliphatic rings. The van der Waals surface area contributed by atoms with E-state index in [1.807, 2.05) is 12.1 Å². The van der Waals surface area contributed by atoms with E-state index >= 15 is 0 Å². The molecule has 0 aliphatic heterocycles. The van der Waals surface area contributed by atoms with Crippen LogP contribution >= 0.6 is 27.5 Å². The lowest BCUT2D eigenvalue weighted by Gasteiger charge is -2.12. The number of anilines is 1. The van der Waals surface area contributed by atoms with Crippen LogP contribution in [-0.2, 0) is 13.0 Å². The zero-order chi connectivity index (χ0) is 13.8. The molecule has 2 aromatic rings. The highest BCUT2D eigenvalue weighted by Gasteiger charge is 2.05. The molecule has 0 saturated carbocycles. The zero-order valence-electron chi connectivity index (χ0n) is 10.5. The summed E-state index contributed by atoms with van der Waals surface area (Å²) in [5.41, 5.74) is 2.83. The third-order valence-corrected chi connectivity index (χ3v) is 3.66. The second-order valence-electron chi connectivity index (χ2n) is 4.24. The van der Waals surface area contributed by atoms with Gasteiger partial charge in [-0.1, -0.05) is 40.5 Å². The van der Waals surface area contributed by atoms with E-state index in [4.69, 9.17) is 11.6 Å². The van der Waals surface area contributed by atoms with Gasteiger partial charge in [-0.05, 0) is 42.3 Å². The first-order valence-corrected chi connectivity index (χ1v) is 7.23. The van der Waals surface area contributed by atoms with Crippen LogP contribution in [-0.4, -0.2) is 0 Å². The predicted molar refractivity (Wildman–Crippen MR) is 82.3 cm³/mol. The van der Waals surface area contributed by atoms with Crippen LogP contribution in [0.2, 0.25) is 5.02 Å². The minimum atomic E-state index is -0.282. The quantitative estimate of drug-likeness (QED) is 0.782. The van der Waals surface area contributed by atoms with Gasteiger partial charge in [-0.25, -0.2) is 4.39 Å². The van der Waals surface area contributed by atoms with Crippen LogP contribution < -0.4 is 5.32 Å². The van der Waals surface area contributed by atoms with E-state index in [0.717, 1.165) is 16.6 Å². The normalized spacial score (nSPS) is 10.5. The van der Waals surface area contributed by atoms with Crippen LogP contribution in [0.15, 0.2) is 40.9 Å². The third-order valence-electron chi connectivity index (χ3n) is 2.93. The van der Waals surface area contributed by atoms with Crippen molar-refractivity contribution in [2.45, 2.75) is 19.9 Å². The minimum absolute atomic E-state index is 0.282. The van der Waals surface area contributed by atoms with Crippen molar-refractivity contribution in [1.82, 2.24) is 0 Å². The van der Waals surface area contributed by atoms with Crippen molar-refractivity contribution in [3.63, 3.8) is 0 Å². The summed E-state index contributed by atoms with van der Waals surface area (Å²) in [4.78, 5) is 0.